The second kappa shape index (κ2) is 4.99. The predicted molar refractivity (Wildman–Crippen MR) is 43.9 cm³/mol. The standard InChI is InChI=1S/C7H15NO6/c8-3-2-13-4(1-9)5(10)6(3)14-7(11)12/h3-7,9-12H,1-2,8H2/t3?,4?,5-,6?/m1/s1. The van der Waals surface area contributed by atoms with E-state index in [1.807, 2.05) is 0 Å². The Bertz CT molecular complexity index is 178. The van der Waals surface area contributed by atoms with Gasteiger partial charge in [-0.3, -0.25) is 0 Å². The smallest absolute Gasteiger partial charge is 0.266 e. The zero-order valence-corrected chi connectivity index (χ0v) is 7.48. The molecule has 3 unspecified atom stereocenters. The maximum atomic E-state index is 9.54. The van der Waals surface area contributed by atoms with Crippen molar-refractivity contribution in [3.8, 4) is 0 Å². The number of nitrogens with two attached hydrogens (primary N) is 1. The molecule has 1 saturated heterocycles. The summed E-state index contributed by atoms with van der Waals surface area (Å²) in [6.45, 7) is -2.30. The molecular weight excluding hydrogens is 194 g/mol. The van der Waals surface area contributed by atoms with Crippen molar-refractivity contribution < 1.29 is 29.9 Å². The van der Waals surface area contributed by atoms with Crippen molar-refractivity contribution in [3.63, 3.8) is 0 Å². The molecule has 1 aliphatic rings. The zero-order valence-electron chi connectivity index (χ0n) is 7.48. The molecule has 0 aromatic rings. The van der Waals surface area contributed by atoms with Gasteiger partial charge in [0.25, 0.3) is 6.48 Å². The summed E-state index contributed by atoms with van der Waals surface area (Å²) < 4.78 is 9.59. The van der Waals surface area contributed by atoms with E-state index >= 15 is 0 Å². The van der Waals surface area contributed by atoms with Gasteiger partial charge in [-0.1, -0.05) is 0 Å². The lowest BCUT2D eigenvalue weighted by molar-refractivity contribution is -0.292. The zero-order chi connectivity index (χ0) is 10.7. The minimum absolute atomic E-state index is 0.0830. The Labute approximate surface area is 80.7 Å². The lowest BCUT2D eigenvalue weighted by Crippen LogP contribution is -2.59. The van der Waals surface area contributed by atoms with Gasteiger partial charge in [0.1, 0.15) is 18.3 Å². The van der Waals surface area contributed by atoms with E-state index in [0.717, 1.165) is 0 Å². The first-order valence-corrected chi connectivity index (χ1v) is 4.24. The number of aliphatic hydroxyl groups excluding tert-OH is 3. The van der Waals surface area contributed by atoms with Crippen molar-refractivity contribution in [2.75, 3.05) is 13.2 Å². The molecule has 1 heterocycles. The van der Waals surface area contributed by atoms with Crippen LogP contribution in [0.5, 0.6) is 0 Å². The van der Waals surface area contributed by atoms with Crippen LogP contribution in [0.15, 0.2) is 0 Å². The molecule has 1 fully saturated rings. The first-order chi connectivity index (χ1) is 6.56. The summed E-state index contributed by atoms with van der Waals surface area (Å²) in [5.74, 6) is 0. The summed E-state index contributed by atoms with van der Waals surface area (Å²) in [7, 11) is 0. The second-order valence-corrected chi connectivity index (χ2v) is 3.14. The van der Waals surface area contributed by atoms with Crippen LogP contribution in [-0.4, -0.2) is 64.5 Å². The van der Waals surface area contributed by atoms with Crippen LogP contribution in [-0.2, 0) is 9.47 Å². The van der Waals surface area contributed by atoms with Crippen LogP contribution >= 0.6 is 0 Å². The highest BCUT2D eigenvalue weighted by Gasteiger charge is 2.39. The fraction of sp³-hybridized carbons (Fsp3) is 1.00. The lowest BCUT2D eigenvalue weighted by Gasteiger charge is -2.37. The van der Waals surface area contributed by atoms with Gasteiger partial charge in [0.15, 0.2) is 0 Å². The summed E-state index contributed by atoms with van der Waals surface area (Å²) in [5, 5.41) is 35.5. The SMILES string of the molecule is NC1COC(CO)[C@@H](O)C1OC(O)O. The number of ether oxygens (including phenoxy) is 2. The first-order valence-electron chi connectivity index (χ1n) is 4.24. The van der Waals surface area contributed by atoms with E-state index in [1.165, 1.54) is 0 Å². The highest BCUT2D eigenvalue weighted by Crippen LogP contribution is 2.17. The number of rotatable bonds is 3. The fourth-order valence-corrected chi connectivity index (χ4v) is 1.38. The van der Waals surface area contributed by atoms with Crippen molar-refractivity contribution in [1.82, 2.24) is 0 Å². The average molecular weight is 209 g/mol. The molecule has 6 N–H and O–H groups in total. The molecule has 0 aromatic heterocycles. The second-order valence-electron chi connectivity index (χ2n) is 3.14. The third kappa shape index (κ3) is 2.61. The molecule has 14 heavy (non-hydrogen) atoms. The van der Waals surface area contributed by atoms with Gasteiger partial charge in [-0.2, -0.15) is 0 Å². The van der Waals surface area contributed by atoms with Gasteiger partial charge in [0.05, 0.1) is 19.3 Å². The van der Waals surface area contributed by atoms with Gasteiger partial charge < -0.3 is 35.6 Å². The first kappa shape index (κ1) is 11.8. The molecule has 1 rings (SSSR count). The van der Waals surface area contributed by atoms with E-state index in [0.29, 0.717) is 0 Å². The quantitative estimate of drug-likeness (QED) is 0.308. The van der Waals surface area contributed by atoms with E-state index < -0.39 is 30.8 Å². The molecule has 7 nitrogen and oxygen atoms in total. The van der Waals surface area contributed by atoms with Crippen molar-refractivity contribution in [1.29, 1.82) is 0 Å². The van der Waals surface area contributed by atoms with Gasteiger partial charge in [0.2, 0.25) is 0 Å². The van der Waals surface area contributed by atoms with Crippen molar-refractivity contribution in [2.24, 2.45) is 5.73 Å². The Balaban J connectivity index is 2.58. The van der Waals surface area contributed by atoms with Crippen molar-refractivity contribution in [2.45, 2.75) is 30.8 Å². The number of hydrogen-bond acceptors (Lipinski definition) is 7. The molecule has 0 spiro atoms. The summed E-state index contributed by atoms with van der Waals surface area (Å²) >= 11 is 0. The largest absolute Gasteiger partial charge is 0.394 e. The van der Waals surface area contributed by atoms with Gasteiger partial charge in [0, 0.05) is 0 Å². The monoisotopic (exact) mass is 209 g/mol. The van der Waals surface area contributed by atoms with E-state index in [2.05, 4.69) is 4.74 Å². The van der Waals surface area contributed by atoms with Crippen LogP contribution in [0.4, 0.5) is 0 Å². The summed E-state index contributed by atoms with van der Waals surface area (Å²) in [5.41, 5.74) is 5.52. The summed E-state index contributed by atoms with van der Waals surface area (Å²) in [6, 6.07) is -0.658. The van der Waals surface area contributed by atoms with Crippen molar-refractivity contribution >= 4 is 0 Å². The van der Waals surface area contributed by atoms with E-state index in [9.17, 15) is 5.11 Å². The minimum atomic E-state index is -2.00. The normalized spacial score (nSPS) is 39.0. The van der Waals surface area contributed by atoms with Crippen molar-refractivity contribution in [3.05, 3.63) is 0 Å². The Morgan fingerprint density at radius 3 is 2.64 bits per heavy atom. The highest BCUT2D eigenvalue weighted by molar-refractivity contribution is 4.89. The Hall–Kier alpha value is -0.280. The van der Waals surface area contributed by atoms with Gasteiger partial charge in [-0.25, -0.2) is 0 Å². The van der Waals surface area contributed by atoms with Gasteiger partial charge >= 0.3 is 0 Å². The third-order valence-electron chi connectivity index (χ3n) is 2.10. The third-order valence-corrected chi connectivity index (χ3v) is 2.10. The number of hydrogen-bond donors (Lipinski definition) is 5. The fourth-order valence-electron chi connectivity index (χ4n) is 1.38. The van der Waals surface area contributed by atoms with E-state index in [4.69, 9.17) is 25.8 Å². The summed E-state index contributed by atoms with van der Waals surface area (Å²) in [4.78, 5) is 0. The topological polar surface area (TPSA) is 125 Å². The minimum Gasteiger partial charge on any atom is -0.394 e. The van der Waals surface area contributed by atoms with Gasteiger partial charge in [-0.05, 0) is 0 Å². The molecule has 84 valence electrons. The lowest BCUT2D eigenvalue weighted by atomic mass is 9.99. The molecule has 7 heteroatoms. The summed E-state index contributed by atoms with van der Waals surface area (Å²) in [6.07, 6.45) is -2.94. The molecule has 1 aliphatic heterocycles. The average Bonchev–Trinajstić information content (AvgIpc) is 2.12. The van der Waals surface area contributed by atoms with E-state index in [1.54, 1.807) is 0 Å². The maximum absolute atomic E-state index is 9.54. The Kier molecular flexibility index (Phi) is 4.20. The molecular formula is C7H15NO6. The molecule has 0 radical (unpaired) electrons. The van der Waals surface area contributed by atoms with E-state index in [-0.39, 0.29) is 13.2 Å². The molecule has 0 aliphatic carbocycles. The maximum Gasteiger partial charge on any atom is 0.266 e. The van der Waals surface area contributed by atoms with Crippen LogP contribution in [0.25, 0.3) is 0 Å². The predicted octanol–water partition coefficient (Wildman–Crippen LogP) is -3.28. The van der Waals surface area contributed by atoms with Crippen LogP contribution in [0.1, 0.15) is 0 Å². The number of aliphatic hydroxyl groups is 4. The highest BCUT2D eigenvalue weighted by atomic mass is 16.7. The molecule has 0 aromatic carbocycles. The molecule has 0 bridgehead atoms. The Morgan fingerprint density at radius 1 is 1.50 bits per heavy atom. The van der Waals surface area contributed by atoms with Crippen LogP contribution in [0.3, 0.4) is 0 Å². The van der Waals surface area contributed by atoms with Crippen LogP contribution in [0, 0.1) is 0 Å². The Morgan fingerprint density at radius 2 is 2.14 bits per heavy atom. The molecule has 0 amide bonds. The molecule has 4 atom stereocenters. The van der Waals surface area contributed by atoms with Crippen LogP contribution < -0.4 is 5.73 Å². The van der Waals surface area contributed by atoms with Crippen LogP contribution in [0.2, 0.25) is 0 Å². The van der Waals surface area contributed by atoms with Gasteiger partial charge in [-0.15, -0.1) is 0 Å². The molecule has 0 saturated carbocycles.